The number of rotatable bonds is 5. The monoisotopic (exact) mass is 412 g/mol. The third-order valence-electron chi connectivity index (χ3n) is 3.24. The molecule has 2 aromatic rings. The van der Waals surface area contributed by atoms with Crippen LogP contribution in [0.3, 0.4) is 0 Å². The van der Waals surface area contributed by atoms with Gasteiger partial charge in [-0.1, -0.05) is 12.1 Å². The van der Waals surface area contributed by atoms with Crippen molar-refractivity contribution in [2.45, 2.75) is 13.5 Å². The van der Waals surface area contributed by atoms with Gasteiger partial charge in [-0.25, -0.2) is 4.39 Å². The fourth-order valence-corrected chi connectivity index (χ4v) is 2.81. The largest absolute Gasteiger partial charge is 0.325 e. The molecule has 0 aromatic heterocycles. The molecule has 0 heterocycles. The van der Waals surface area contributed by atoms with Crippen LogP contribution in [0, 0.1) is 16.3 Å². The van der Waals surface area contributed by atoms with Crippen LogP contribution in [0.5, 0.6) is 0 Å². The SMILES string of the molecule is Cc1cc(I)ccc1NC(=O)CN(C)Cc1ccc(F)cc1. The summed E-state index contributed by atoms with van der Waals surface area (Å²) in [7, 11) is 1.86. The molecule has 2 aromatic carbocycles. The Morgan fingerprint density at radius 1 is 1.23 bits per heavy atom. The minimum Gasteiger partial charge on any atom is -0.325 e. The standard InChI is InChI=1S/C17H18FIN2O/c1-12-9-15(19)7-8-16(12)20-17(22)11-21(2)10-13-3-5-14(18)6-4-13/h3-9H,10-11H2,1-2H3,(H,20,22). The van der Waals surface area contributed by atoms with Crippen LogP contribution in [0.25, 0.3) is 0 Å². The highest BCUT2D eigenvalue weighted by atomic mass is 127. The summed E-state index contributed by atoms with van der Waals surface area (Å²) in [6.07, 6.45) is 0. The summed E-state index contributed by atoms with van der Waals surface area (Å²) in [5.74, 6) is -0.313. The van der Waals surface area contributed by atoms with E-state index in [1.54, 1.807) is 12.1 Å². The van der Waals surface area contributed by atoms with Crippen molar-refractivity contribution >= 4 is 34.2 Å². The average Bonchev–Trinajstić information content (AvgIpc) is 2.44. The van der Waals surface area contributed by atoms with Crippen LogP contribution >= 0.6 is 22.6 Å². The molecule has 0 radical (unpaired) electrons. The van der Waals surface area contributed by atoms with Gasteiger partial charge in [-0.05, 0) is 78.0 Å². The first-order valence-corrected chi connectivity index (χ1v) is 8.01. The number of halogens is 2. The Kier molecular flexibility index (Phi) is 5.90. The number of nitrogens with one attached hydrogen (secondary N) is 1. The number of aryl methyl sites for hydroxylation is 1. The second-order valence-corrected chi connectivity index (χ2v) is 6.55. The van der Waals surface area contributed by atoms with Gasteiger partial charge in [-0.2, -0.15) is 0 Å². The van der Waals surface area contributed by atoms with E-state index in [9.17, 15) is 9.18 Å². The van der Waals surface area contributed by atoms with Gasteiger partial charge in [0.15, 0.2) is 0 Å². The van der Waals surface area contributed by atoms with Gasteiger partial charge in [0.25, 0.3) is 0 Å². The molecule has 22 heavy (non-hydrogen) atoms. The zero-order valence-electron chi connectivity index (χ0n) is 12.6. The predicted molar refractivity (Wildman–Crippen MR) is 95.3 cm³/mol. The Labute approximate surface area is 143 Å². The molecule has 0 saturated heterocycles. The number of carbonyl (C=O) groups excluding carboxylic acids is 1. The third kappa shape index (κ3) is 5.06. The van der Waals surface area contributed by atoms with Crippen molar-refractivity contribution in [2.24, 2.45) is 0 Å². The van der Waals surface area contributed by atoms with Crippen molar-refractivity contribution in [3.05, 3.63) is 63.0 Å². The van der Waals surface area contributed by atoms with Gasteiger partial charge in [0.1, 0.15) is 5.82 Å². The number of benzene rings is 2. The fraction of sp³-hybridized carbons (Fsp3) is 0.235. The summed E-state index contributed by atoms with van der Waals surface area (Å²) in [5, 5.41) is 2.92. The molecule has 2 rings (SSSR count). The Balaban J connectivity index is 1.89. The lowest BCUT2D eigenvalue weighted by Crippen LogP contribution is -2.30. The van der Waals surface area contributed by atoms with Gasteiger partial charge in [0.2, 0.25) is 5.91 Å². The quantitative estimate of drug-likeness (QED) is 0.758. The van der Waals surface area contributed by atoms with Crippen molar-refractivity contribution in [3.8, 4) is 0 Å². The van der Waals surface area contributed by atoms with E-state index in [2.05, 4.69) is 27.9 Å². The van der Waals surface area contributed by atoms with E-state index in [0.29, 0.717) is 6.54 Å². The lowest BCUT2D eigenvalue weighted by molar-refractivity contribution is -0.117. The highest BCUT2D eigenvalue weighted by molar-refractivity contribution is 14.1. The molecule has 0 saturated carbocycles. The van der Waals surface area contributed by atoms with E-state index in [0.717, 1.165) is 20.4 Å². The second-order valence-electron chi connectivity index (χ2n) is 5.31. The molecule has 1 N–H and O–H groups in total. The average molecular weight is 412 g/mol. The maximum Gasteiger partial charge on any atom is 0.238 e. The number of anilines is 1. The number of hydrogen-bond donors (Lipinski definition) is 1. The van der Waals surface area contributed by atoms with Crippen molar-refractivity contribution < 1.29 is 9.18 Å². The summed E-state index contributed by atoms with van der Waals surface area (Å²) in [5.41, 5.74) is 2.85. The van der Waals surface area contributed by atoms with E-state index < -0.39 is 0 Å². The van der Waals surface area contributed by atoms with Crippen LogP contribution in [0.4, 0.5) is 10.1 Å². The minimum atomic E-state index is -0.252. The molecule has 0 atom stereocenters. The molecule has 0 unspecified atom stereocenters. The zero-order chi connectivity index (χ0) is 16.1. The lowest BCUT2D eigenvalue weighted by atomic mass is 10.2. The first kappa shape index (κ1) is 16.9. The number of carbonyl (C=O) groups is 1. The Morgan fingerprint density at radius 2 is 1.91 bits per heavy atom. The maximum absolute atomic E-state index is 12.9. The van der Waals surface area contributed by atoms with Crippen LogP contribution in [0.1, 0.15) is 11.1 Å². The maximum atomic E-state index is 12.9. The third-order valence-corrected chi connectivity index (χ3v) is 3.91. The lowest BCUT2D eigenvalue weighted by Gasteiger charge is -2.17. The van der Waals surface area contributed by atoms with E-state index in [4.69, 9.17) is 0 Å². The second kappa shape index (κ2) is 7.69. The molecular weight excluding hydrogens is 394 g/mol. The van der Waals surface area contributed by atoms with Gasteiger partial charge >= 0.3 is 0 Å². The molecule has 5 heteroatoms. The first-order valence-electron chi connectivity index (χ1n) is 6.93. The molecule has 0 bridgehead atoms. The first-order chi connectivity index (χ1) is 10.4. The molecule has 0 spiro atoms. The predicted octanol–water partition coefficient (Wildman–Crippen LogP) is 3.81. The van der Waals surface area contributed by atoms with E-state index in [1.807, 2.05) is 37.1 Å². The van der Waals surface area contributed by atoms with Gasteiger partial charge < -0.3 is 5.32 Å². The minimum absolute atomic E-state index is 0.0612. The number of nitrogens with zero attached hydrogens (tertiary/aromatic N) is 1. The van der Waals surface area contributed by atoms with Crippen LogP contribution in [0.15, 0.2) is 42.5 Å². The summed E-state index contributed by atoms with van der Waals surface area (Å²) < 4.78 is 14.0. The Hall–Kier alpha value is -1.47. The van der Waals surface area contributed by atoms with Gasteiger partial charge in [0.05, 0.1) is 6.54 Å². The normalized spacial score (nSPS) is 10.8. The van der Waals surface area contributed by atoms with Crippen molar-refractivity contribution in [1.82, 2.24) is 4.90 Å². The van der Waals surface area contributed by atoms with Crippen LogP contribution in [-0.2, 0) is 11.3 Å². The van der Waals surface area contributed by atoms with Gasteiger partial charge in [-0.15, -0.1) is 0 Å². The van der Waals surface area contributed by atoms with E-state index >= 15 is 0 Å². The highest BCUT2D eigenvalue weighted by Crippen LogP contribution is 2.17. The summed E-state index contributed by atoms with van der Waals surface area (Å²) >= 11 is 2.24. The van der Waals surface area contributed by atoms with Gasteiger partial charge in [-0.3, -0.25) is 9.69 Å². The molecule has 116 valence electrons. The summed E-state index contributed by atoms with van der Waals surface area (Å²) in [6, 6.07) is 12.2. The van der Waals surface area contributed by atoms with Crippen molar-refractivity contribution in [2.75, 3.05) is 18.9 Å². The Bertz CT molecular complexity index is 658. The zero-order valence-corrected chi connectivity index (χ0v) is 14.7. The topological polar surface area (TPSA) is 32.3 Å². The molecular formula is C17H18FIN2O. The summed E-state index contributed by atoms with van der Waals surface area (Å²) in [4.78, 5) is 14.0. The molecule has 1 amide bonds. The number of amides is 1. The fourth-order valence-electron chi connectivity index (χ4n) is 2.16. The van der Waals surface area contributed by atoms with Crippen LogP contribution < -0.4 is 5.32 Å². The molecule has 0 fully saturated rings. The molecule has 0 aliphatic heterocycles. The highest BCUT2D eigenvalue weighted by Gasteiger charge is 2.09. The molecule has 0 aliphatic rings. The van der Waals surface area contributed by atoms with Crippen LogP contribution in [-0.4, -0.2) is 24.4 Å². The van der Waals surface area contributed by atoms with Crippen molar-refractivity contribution in [3.63, 3.8) is 0 Å². The Morgan fingerprint density at radius 3 is 2.55 bits per heavy atom. The van der Waals surface area contributed by atoms with E-state index in [-0.39, 0.29) is 18.3 Å². The molecule has 3 nitrogen and oxygen atoms in total. The number of hydrogen-bond acceptors (Lipinski definition) is 2. The smallest absolute Gasteiger partial charge is 0.238 e. The summed E-state index contributed by atoms with van der Waals surface area (Å²) in [6.45, 7) is 2.85. The molecule has 0 aliphatic carbocycles. The van der Waals surface area contributed by atoms with Gasteiger partial charge in [0, 0.05) is 15.8 Å². The van der Waals surface area contributed by atoms with E-state index in [1.165, 1.54) is 12.1 Å². The van der Waals surface area contributed by atoms with Crippen LogP contribution in [0.2, 0.25) is 0 Å². The number of likely N-dealkylation sites (N-methyl/N-ethyl adjacent to an activating group) is 1. The van der Waals surface area contributed by atoms with Crippen molar-refractivity contribution in [1.29, 1.82) is 0 Å².